The molecule has 296 valence electrons. The lowest BCUT2D eigenvalue weighted by Crippen LogP contribution is -2.54. The summed E-state index contributed by atoms with van der Waals surface area (Å²) in [6.07, 6.45) is 10.9. The number of aryl methyl sites for hydroxylation is 2. The summed E-state index contributed by atoms with van der Waals surface area (Å²) in [6, 6.07) is 15.8. The van der Waals surface area contributed by atoms with E-state index in [0.29, 0.717) is 18.2 Å². The molecule has 15 nitrogen and oxygen atoms in total. The Balaban J connectivity index is 0.778. The summed E-state index contributed by atoms with van der Waals surface area (Å²) in [5.74, 6) is 1.73. The van der Waals surface area contributed by atoms with Gasteiger partial charge in [-0.2, -0.15) is 0 Å². The zero-order valence-corrected chi connectivity index (χ0v) is 32.5. The Morgan fingerprint density at radius 1 is 0.895 bits per heavy atom. The molecule has 3 aromatic heterocycles. The number of nitrogens with one attached hydrogen (secondary N) is 1. The number of nitrogen functional groups attached to an aromatic ring is 1. The van der Waals surface area contributed by atoms with Crippen molar-refractivity contribution in [1.29, 1.82) is 0 Å². The summed E-state index contributed by atoms with van der Waals surface area (Å²) >= 11 is 0. The van der Waals surface area contributed by atoms with Crippen molar-refractivity contribution >= 4 is 40.3 Å². The predicted octanol–water partition coefficient (Wildman–Crippen LogP) is 3.83. The molecule has 15 heteroatoms. The molecule has 0 aliphatic carbocycles. The third-order valence-corrected chi connectivity index (χ3v) is 12.6. The van der Waals surface area contributed by atoms with E-state index in [4.69, 9.17) is 20.4 Å². The number of carbonyl (C=O) groups is 2. The first-order chi connectivity index (χ1) is 27.7. The van der Waals surface area contributed by atoms with Crippen LogP contribution in [-0.2, 0) is 23.1 Å². The number of rotatable bonds is 10. The van der Waals surface area contributed by atoms with Gasteiger partial charge in [0.05, 0.1) is 29.5 Å². The molecule has 4 saturated heterocycles. The molecule has 2 aromatic carbocycles. The van der Waals surface area contributed by atoms with E-state index in [1.165, 1.54) is 10.1 Å². The molecule has 3 atom stereocenters. The number of amides is 2. The van der Waals surface area contributed by atoms with Gasteiger partial charge < -0.3 is 25.2 Å². The number of aromatic nitrogens is 6. The molecule has 0 spiro atoms. The Morgan fingerprint density at radius 3 is 2.39 bits per heavy atom. The summed E-state index contributed by atoms with van der Waals surface area (Å²) in [5, 5.41) is 11.1. The number of ether oxygens (including phenoxy) is 1. The fraction of sp³-hybridized carbons (Fsp3) is 0.452. The predicted molar refractivity (Wildman–Crippen MR) is 217 cm³/mol. The SMILES string of the molecule is COc1ccccc1-c1cc(N2CC3CCC(C2)N3c2ncc(C3CCN(CCCc4ccc5c(c4)n(C)c(=O)n5C4CCC(=O)NC4=O)CC3)cn2)c(N)nn1. The van der Waals surface area contributed by atoms with E-state index in [2.05, 4.69) is 54.7 Å². The quantitative estimate of drug-likeness (QED) is 0.197. The van der Waals surface area contributed by atoms with Gasteiger partial charge in [0.25, 0.3) is 0 Å². The highest BCUT2D eigenvalue weighted by Gasteiger charge is 2.42. The maximum atomic E-state index is 13.1. The van der Waals surface area contributed by atoms with Crippen molar-refractivity contribution in [2.24, 2.45) is 7.05 Å². The van der Waals surface area contributed by atoms with Crippen LogP contribution in [0.25, 0.3) is 22.3 Å². The number of fused-ring (bicyclic) bond motifs is 3. The van der Waals surface area contributed by atoms with Crippen LogP contribution < -0.4 is 31.3 Å². The van der Waals surface area contributed by atoms with Gasteiger partial charge in [-0.05, 0) is 112 Å². The van der Waals surface area contributed by atoms with Crippen molar-refractivity contribution < 1.29 is 14.3 Å². The van der Waals surface area contributed by atoms with E-state index < -0.39 is 11.9 Å². The lowest BCUT2D eigenvalue weighted by atomic mass is 9.91. The zero-order valence-electron chi connectivity index (χ0n) is 32.5. The largest absolute Gasteiger partial charge is 0.496 e. The lowest BCUT2D eigenvalue weighted by molar-refractivity contribution is -0.135. The number of nitrogens with two attached hydrogens (primary N) is 1. The van der Waals surface area contributed by atoms with Crippen molar-refractivity contribution in [2.45, 2.75) is 75.4 Å². The summed E-state index contributed by atoms with van der Waals surface area (Å²) in [7, 11) is 3.40. The Hall–Kier alpha value is -5.83. The first-order valence-corrected chi connectivity index (χ1v) is 20.1. The van der Waals surface area contributed by atoms with Crippen molar-refractivity contribution in [1.82, 2.24) is 39.5 Å². The van der Waals surface area contributed by atoms with Gasteiger partial charge in [-0.1, -0.05) is 18.2 Å². The van der Waals surface area contributed by atoms with Crippen LogP contribution in [0.4, 0.5) is 17.5 Å². The van der Waals surface area contributed by atoms with Crippen molar-refractivity contribution in [2.75, 3.05) is 55.4 Å². The summed E-state index contributed by atoms with van der Waals surface area (Å²) in [6.45, 7) is 4.70. The Kier molecular flexibility index (Phi) is 9.85. The first kappa shape index (κ1) is 36.8. The maximum absolute atomic E-state index is 13.1. The van der Waals surface area contributed by atoms with Gasteiger partial charge in [0.1, 0.15) is 11.8 Å². The van der Waals surface area contributed by atoms with Crippen LogP contribution >= 0.6 is 0 Å². The topological polar surface area (TPSA) is 170 Å². The molecule has 2 bridgehead atoms. The third kappa shape index (κ3) is 6.98. The van der Waals surface area contributed by atoms with E-state index in [0.717, 1.165) is 116 Å². The molecule has 4 fully saturated rings. The van der Waals surface area contributed by atoms with E-state index in [1.807, 2.05) is 36.4 Å². The van der Waals surface area contributed by atoms with Gasteiger partial charge in [0, 0.05) is 56.6 Å². The standard InChI is InChI=1S/C42H49N11O4/c1-49-35-20-26(9-12-33(35)53(42(49)56)34-13-14-38(54)46-40(34)55)6-5-17-50-18-15-27(16-19-50)28-22-44-41(45-23-28)52-29-10-11-30(52)25-51(24-29)36-21-32(47-48-39(36)43)31-7-3-4-8-37(31)57-2/h3-4,7-9,12,20-23,27,29-30,34H,5-6,10-11,13-19,24-25H2,1-2H3,(H2,43,48)(H,46,54,55). The van der Waals surface area contributed by atoms with Crippen LogP contribution in [0.3, 0.4) is 0 Å². The number of carbonyl (C=O) groups excluding carboxylic acids is 2. The highest BCUT2D eigenvalue weighted by molar-refractivity contribution is 6.00. The molecule has 5 aromatic rings. The molecule has 3 unspecified atom stereocenters. The van der Waals surface area contributed by atoms with E-state index in [9.17, 15) is 14.4 Å². The average molecular weight is 772 g/mol. The number of benzene rings is 2. The summed E-state index contributed by atoms with van der Waals surface area (Å²) < 4.78 is 8.72. The van der Waals surface area contributed by atoms with Crippen LogP contribution in [0.1, 0.15) is 68.0 Å². The number of imidazole rings is 1. The monoisotopic (exact) mass is 771 g/mol. The Bertz CT molecular complexity index is 2350. The smallest absolute Gasteiger partial charge is 0.329 e. The maximum Gasteiger partial charge on any atom is 0.329 e. The van der Waals surface area contributed by atoms with Crippen LogP contribution in [0.15, 0.2) is 65.7 Å². The molecule has 4 aliphatic rings. The normalized spacial score (nSPS) is 21.7. The minimum absolute atomic E-state index is 0.228. The summed E-state index contributed by atoms with van der Waals surface area (Å²) in [5.41, 5.74) is 12.6. The molecular weight excluding hydrogens is 723 g/mol. The van der Waals surface area contributed by atoms with Gasteiger partial charge in [-0.3, -0.25) is 24.0 Å². The highest BCUT2D eigenvalue weighted by Crippen LogP contribution is 2.38. The second-order valence-corrected chi connectivity index (χ2v) is 15.9. The number of piperidine rings is 2. The summed E-state index contributed by atoms with van der Waals surface area (Å²) in [4.78, 5) is 54.6. The fourth-order valence-corrected chi connectivity index (χ4v) is 9.52. The number of piperazine rings is 1. The highest BCUT2D eigenvalue weighted by atomic mass is 16.5. The van der Waals surface area contributed by atoms with Gasteiger partial charge >= 0.3 is 5.69 Å². The molecule has 57 heavy (non-hydrogen) atoms. The fourth-order valence-electron chi connectivity index (χ4n) is 9.52. The van der Waals surface area contributed by atoms with E-state index in [-0.39, 0.29) is 30.1 Å². The number of para-hydroxylation sites is 1. The van der Waals surface area contributed by atoms with Gasteiger partial charge in [0.15, 0.2) is 5.82 Å². The minimum atomic E-state index is -0.674. The second-order valence-electron chi connectivity index (χ2n) is 15.9. The molecule has 4 aliphatic heterocycles. The van der Waals surface area contributed by atoms with Crippen LogP contribution in [-0.4, -0.2) is 97.9 Å². The van der Waals surface area contributed by atoms with Crippen LogP contribution in [0.2, 0.25) is 0 Å². The average Bonchev–Trinajstić information content (AvgIpc) is 3.64. The number of imide groups is 1. The number of likely N-dealkylation sites (tertiary alicyclic amines) is 1. The van der Waals surface area contributed by atoms with Crippen molar-refractivity contribution in [3.63, 3.8) is 0 Å². The molecule has 9 rings (SSSR count). The second kappa shape index (κ2) is 15.3. The van der Waals surface area contributed by atoms with Crippen LogP contribution in [0.5, 0.6) is 5.75 Å². The van der Waals surface area contributed by atoms with Crippen LogP contribution in [0, 0.1) is 0 Å². The third-order valence-electron chi connectivity index (χ3n) is 12.6. The van der Waals surface area contributed by atoms with Crippen molar-refractivity contribution in [3.8, 4) is 17.0 Å². The zero-order chi connectivity index (χ0) is 39.2. The molecule has 0 radical (unpaired) electrons. The Labute approximate surface area is 330 Å². The Morgan fingerprint density at radius 2 is 1.65 bits per heavy atom. The van der Waals surface area contributed by atoms with Gasteiger partial charge in [-0.15, -0.1) is 10.2 Å². The molecular formula is C42H49N11O4. The van der Waals surface area contributed by atoms with E-state index >= 15 is 0 Å². The van der Waals surface area contributed by atoms with E-state index in [1.54, 1.807) is 18.7 Å². The van der Waals surface area contributed by atoms with Gasteiger partial charge in [-0.25, -0.2) is 14.8 Å². The molecule has 2 amide bonds. The number of anilines is 3. The lowest BCUT2D eigenvalue weighted by Gasteiger charge is -2.42. The van der Waals surface area contributed by atoms with Gasteiger partial charge in [0.2, 0.25) is 17.8 Å². The van der Waals surface area contributed by atoms with Crippen molar-refractivity contribution in [3.05, 3.63) is 82.5 Å². The first-order valence-electron chi connectivity index (χ1n) is 20.1. The number of nitrogens with zero attached hydrogens (tertiary/aromatic N) is 9. The molecule has 0 saturated carbocycles. The number of hydrogen-bond acceptors (Lipinski definition) is 12. The molecule has 3 N–H and O–H groups in total. The number of methoxy groups -OCH3 is 1. The molecule has 7 heterocycles. The number of hydrogen-bond donors (Lipinski definition) is 2. The minimum Gasteiger partial charge on any atom is -0.496 e.